The van der Waals surface area contributed by atoms with E-state index in [2.05, 4.69) is 10.6 Å². The molecule has 0 aliphatic rings. The zero-order valence-electron chi connectivity index (χ0n) is 11.9. The first-order valence-electron chi connectivity index (χ1n) is 6.83. The first kappa shape index (κ1) is 16.2. The fourth-order valence-electron chi connectivity index (χ4n) is 1.75. The number of carbonyl (C=O) groups excluding carboxylic acids is 2. The smallest absolute Gasteiger partial charge is 0.309 e. The molecule has 0 unspecified atom stereocenters. The van der Waals surface area contributed by atoms with Gasteiger partial charge in [-0.15, -0.1) is 0 Å². The Morgan fingerprint density at radius 1 is 1.20 bits per heavy atom. The van der Waals surface area contributed by atoms with Crippen molar-refractivity contribution in [3.8, 4) is 0 Å². The average Bonchev–Trinajstić information content (AvgIpc) is 2.50. The Hall–Kier alpha value is -1.88. The fraction of sp³-hybridized carbons (Fsp3) is 0.467. The molecular weight excluding hydrogens is 256 g/mol. The van der Waals surface area contributed by atoms with E-state index < -0.39 is 11.8 Å². The second-order valence-corrected chi connectivity index (χ2v) is 4.78. The molecule has 1 rings (SSSR count). The number of hydrogen-bond acceptors (Lipinski definition) is 3. The van der Waals surface area contributed by atoms with Crippen LogP contribution in [0.4, 0.5) is 0 Å². The molecule has 0 aliphatic carbocycles. The van der Waals surface area contributed by atoms with Crippen LogP contribution in [0.2, 0.25) is 0 Å². The molecular formula is C15H22N2O3. The summed E-state index contributed by atoms with van der Waals surface area (Å²) in [7, 11) is 0. The maximum absolute atomic E-state index is 11.6. The number of aliphatic hydroxyl groups excluding tert-OH is 1. The van der Waals surface area contributed by atoms with Crippen molar-refractivity contribution in [3.05, 3.63) is 35.9 Å². The van der Waals surface area contributed by atoms with Gasteiger partial charge in [0.05, 0.1) is 12.6 Å². The van der Waals surface area contributed by atoms with Crippen molar-refractivity contribution in [1.29, 1.82) is 0 Å². The molecule has 110 valence electrons. The molecule has 2 amide bonds. The summed E-state index contributed by atoms with van der Waals surface area (Å²) in [4.78, 5) is 23.2. The molecule has 1 aromatic rings. The summed E-state index contributed by atoms with van der Waals surface area (Å²) < 4.78 is 0. The van der Waals surface area contributed by atoms with Gasteiger partial charge in [-0.3, -0.25) is 9.59 Å². The van der Waals surface area contributed by atoms with Crippen LogP contribution >= 0.6 is 0 Å². The van der Waals surface area contributed by atoms with Crippen molar-refractivity contribution >= 4 is 11.8 Å². The van der Waals surface area contributed by atoms with E-state index in [-0.39, 0.29) is 18.6 Å². The molecule has 5 nitrogen and oxygen atoms in total. The van der Waals surface area contributed by atoms with Crippen molar-refractivity contribution in [3.63, 3.8) is 0 Å². The van der Waals surface area contributed by atoms with Gasteiger partial charge >= 0.3 is 11.8 Å². The van der Waals surface area contributed by atoms with E-state index in [1.807, 2.05) is 44.2 Å². The highest BCUT2D eigenvalue weighted by atomic mass is 16.3. The van der Waals surface area contributed by atoms with Gasteiger partial charge in [0.1, 0.15) is 0 Å². The number of rotatable bonds is 6. The van der Waals surface area contributed by atoms with Crippen LogP contribution in [0, 0.1) is 0 Å². The van der Waals surface area contributed by atoms with Crippen molar-refractivity contribution in [1.82, 2.24) is 10.6 Å². The van der Waals surface area contributed by atoms with E-state index in [4.69, 9.17) is 5.11 Å². The van der Waals surface area contributed by atoms with Crippen molar-refractivity contribution < 1.29 is 14.7 Å². The van der Waals surface area contributed by atoms with Crippen molar-refractivity contribution in [2.75, 3.05) is 13.2 Å². The molecule has 1 aromatic carbocycles. The van der Waals surface area contributed by atoms with Crippen LogP contribution in [-0.2, 0) is 9.59 Å². The fourth-order valence-corrected chi connectivity index (χ4v) is 1.75. The highest BCUT2D eigenvalue weighted by Gasteiger charge is 2.17. The van der Waals surface area contributed by atoms with E-state index in [9.17, 15) is 9.59 Å². The largest absolute Gasteiger partial charge is 0.394 e. The van der Waals surface area contributed by atoms with Crippen LogP contribution in [-0.4, -0.2) is 36.1 Å². The lowest BCUT2D eigenvalue weighted by molar-refractivity contribution is -0.139. The predicted octanol–water partition coefficient (Wildman–Crippen LogP) is 0.793. The lowest BCUT2D eigenvalue weighted by Crippen LogP contribution is -2.46. The van der Waals surface area contributed by atoms with Crippen molar-refractivity contribution in [2.45, 2.75) is 32.2 Å². The minimum Gasteiger partial charge on any atom is -0.394 e. The van der Waals surface area contributed by atoms with Gasteiger partial charge in [-0.25, -0.2) is 0 Å². The summed E-state index contributed by atoms with van der Waals surface area (Å²) in [6.07, 6.45) is 0.579. The minimum atomic E-state index is -0.703. The Morgan fingerprint density at radius 2 is 1.85 bits per heavy atom. The minimum absolute atomic E-state index is 0.132. The SMILES string of the molecule is CC[C@@H](CO)NC(=O)C(=O)NC[C@H](C)c1ccccc1. The Labute approximate surface area is 119 Å². The topological polar surface area (TPSA) is 78.4 Å². The number of carbonyl (C=O) groups is 2. The molecule has 0 spiro atoms. The van der Waals surface area contributed by atoms with Gasteiger partial charge in [-0.05, 0) is 17.9 Å². The molecule has 3 N–H and O–H groups in total. The van der Waals surface area contributed by atoms with Crippen LogP contribution in [0.25, 0.3) is 0 Å². The van der Waals surface area contributed by atoms with E-state index in [1.165, 1.54) is 0 Å². The predicted molar refractivity (Wildman–Crippen MR) is 77.2 cm³/mol. The van der Waals surface area contributed by atoms with E-state index in [0.717, 1.165) is 5.56 Å². The lowest BCUT2D eigenvalue weighted by atomic mass is 10.0. The summed E-state index contributed by atoms with van der Waals surface area (Å²) in [5.74, 6) is -1.24. The summed E-state index contributed by atoms with van der Waals surface area (Å²) in [6, 6.07) is 9.40. The third-order valence-corrected chi connectivity index (χ3v) is 3.19. The molecule has 2 atom stereocenters. The molecule has 20 heavy (non-hydrogen) atoms. The van der Waals surface area contributed by atoms with Gasteiger partial charge in [0, 0.05) is 6.54 Å². The van der Waals surface area contributed by atoms with Gasteiger partial charge in [-0.1, -0.05) is 44.2 Å². The standard InChI is InChI=1S/C15H22N2O3/c1-3-13(10-18)17-15(20)14(19)16-9-11(2)12-7-5-4-6-8-12/h4-8,11,13,18H,3,9-10H2,1-2H3,(H,16,19)(H,17,20)/t11-,13-/m0/s1. The summed E-state index contributed by atoms with van der Waals surface area (Å²) in [5.41, 5.74) is 1.11. The second kappa shape index (κ2) is 8.32. The normalized spacial score (nSPS) is 13.3. The Kier molecular flexibility index (Phi) is 6.73. The van der Waals surface area contributed by atoms with Crippen LogP contribution in [0.15, 0.2) is 30.3 Å². The van der Waals surface area contributed by atoms with Crippen LogP contribution in [0.1, 0.15) is 31.7 Å². The maximum Gasteiger partial charge on any atom is 0.309 e. The van der Waals surface area contributed by atoms with Crippen molar-refractivity contribution in [2.24, 2.45) is 0 Å². The van der Waals surface area contributed by atoms with Crippen LogP contribution < -0.4 is 10.6 Å². The lowest BCUT2D eigenvalue weighted by Gasteiger charge is -2.15. The van der Waals surface area contributed by atoms with Gasteiger partial charge in [0.25, 0.3) is 0 Å². The maximum atomic E-state index is 11.6. The molecule has 5 heteroatoms. The van der Waals surface area contributed by atoms with E-state index >= 15 is 0 Å². The average molecular weight is 278 g/mol. The number of aliphatic hydroxyl groups is 1. The molecule has 0 aliphatic heterocycles. The number of hydrogen-bond donors (Lipinski definition) is 3. The highest BCUT2D eigenvalue weighted by molar-refractivity contribution is 6.35. The summed E-state index contributed by atoms with van der Waals surface area (Å²) in [5, 5.41) is 14.1. The van der Waals surface area contributed by atoms with Crippen LogP contribution in [0.3, 0.4) is 0 Å². The van der Waals surface area contributed by atoms with Gasteiger partial charge in [0.15, 0.2) is 0 Å². The summed E-state index contributed by atoms with van der Waals surface area (Å²) in [6.45, 7) is 4.04. The Bertz CT molecular complexity index is 430. The monoisotopic (exact) mass is 278 g/mol. The first-order valence-corrected chi connectivity index (χ1v) is 6.83. The highest BCUT2D eigenvalue weighted by Crippen LogP contribution is 2.12. The molecule has 0 radical (unpaired) electrons. The second-order valence-electron chi connectivity index (χ2n) is 4.78. The zero-order chi connectivity index (χ0) is 15.0. The molecule has 0 aromatic heterocycles. The molecule has 0 bridgehead atoms. The van der Waals surface area contributed by atoms with E-state index in [1.54, 1.807) is 0 Å². The van der Waals surface area contributed by atoms with E-state index in [0.29, 0.717) is 13.0 Å². The number of amides is 2. The van der Waals surface area contributed by atoms with Gasteiger partial charge in [0.2, 0.25) is 0 Å². The quantitative estimate of drug-likeness (QED) is 0.673. The molecule has 0 heterocycles. The zero-order valence-corrected chi connectivity index (χ0v) is 11.9. The molecule has 0 saturated heterocycles. The van der Waals surface area contributed by atoms with Crippen LogP contribution in [0.5, 0.6) is 0 Å². The number of nitrogens with one attached hydrogen (secondary N) is 2. The third-order valence-electron chi connectivity index (χ3n) is 3.19. The molecule has 0 fully saturated rings. The van der Waals surface area contributed by atoms with Gasteiger partial charge < -0.3 is 15.7 Å². The Morgan fingerprint density at radius 3 is 2.40 bits per heavy atom. The summed E-state index contributed by atoms with van der Waals surface area (Å²) >= 11 is 0. The van der Waals surface area contributed by atoms with Gasteiger partial charge in [-0.2, -0.15) is 0 Å². The molecule has 0 saturated carbocycles. The number of benzene rings is 1. The third kappa shape index (κ3) is 5.01. The first-order chi connectivity index (χ1) is 9.58. The Balaban J connectivity index is 2.41.